The Kier molecular flexibility index (Phi) is 6.90. The number of para-hydroxylation sites is 3. The first-order valence-corrected chi connectivity index (χ1v) is 14.1. The third-order valence-corrected chi connectivity index (χ3v) is 8.27. The van der Waals surface area contributed by atoms with E-state index in [0.717, 1.165) is 38.4 Å². The molecule has 2 heterocycles. The summed E-state index contributed by atoms with van der Waals surface area (Å²) in [5.74, 6) is 0.998. The first-order chi connectivity index (χ1) is 18.7. The van der Waals surface area contributed by atoms with E-state index in [1.54, 1.807) is 11.8 Å². The van der Waals surface area contributed by atoms with Crippen LogP contribution in [0.2, 0.25) is 0 Å². The Hall–Kier alpha value is -4.01. The number of aromatic nitrogens is 3. The van der Waals surface area contributed by atoms with Gasteiger partial charge in [0.05, 0.1) is 23.7 Å². The Bertz CT molecular complexity index is 1540. The number of carbonyl (C=O) groups excluding carboxylic acids is 1. The molecule has 0 atom stereocenters. The van der Waals surface area contributed by atoms with E-state index < -0.39 is 0 Å². The van der Waals surface area contributed by atoms with Gasteiger partial charge in [-0.1, -0.05) is 83.7 Å². The van der Waals surface area contributed by atoms with Crippen LogP contribution in [0.25, 0.3) is 5.69 Å². The number of nitrogens with zero attached hydrogens (tertiary/aromatic N) is 4. The van der Waals surface area contributed by atoms with Gasteiger partial charge in [-0.25, -0.2) is 0 Å². The molecule has 0 spiro atoms. The van der Waals surface area contributed by atoms with Crippen molar-refractivity contribution in [3.05, 3.63) is 115 Å². The van der Waals surface area contributed by atoms with Crippen molar-refractivity contribution < 1.29 is 4.79 Å². The first-order valence-electron chi connectivity index (χ1n) is 12.3. The predicted molar refractivity (Wildman–Crippen MR) is 155 cm³/mol. The third kappa shape index (κ3) is 4.92. The lowest BCUT2D eigenvalue weighted by Gasteiger charge is -2.30. The van der Waals surface area contributed by atoms with Gasteiger partial charge in [0, 0.05) is 21.2 Å². The van der Waals surface area contributed by atoms with E-state index >= 15 is 0 Å². The van der Waals surface area contributed by atoms with Crippen LogP contribution >= 0.6 is 23.5 Å². The molecule has 188 valence electrons. The van der Waals surface area contributed by atoms with Crippen molar-refractivity contribution in [2.75, 3.05) is 16.0 Å². The molecule has 1 aliphatic heterocycles. The maximum absolute atomic E-state index is 13.7. The number of nitrogens with one attached hydrogen (secondary N) is 1. The van der Waals surface area contributed by atoms with Crippen molar-refractivity contribution in [2.45, 2.75) is 28.4 Å². The quantitative estimate of drug-likeness (QED) is 0.224. The second kappa shape index (κ2) is 10.8. The van der Waals surface area contributed by atoms with Crippen LogP contribution in [0.5, 0.6) is 0 Å². The Balaban J connectivity index is 1.26. The van der Waals surface area contributed by atoms with Crippen molar-refractivity contribution in [2.24, 2.45) is 0 Å². The van der Waals surface area contributed by atoms with Gasteiger partial charge in [0.15, 0.2) is 11.0 Å². The van der Waals surface area contributed by atoms with Gasteiger partial charge in [0.25, 0.3) is 0 Å². The van der Waals surface area contributed by atoms with Crippen molar-refractivity contribution >= 4 is 46.5 Å². The van der Waals surface area contributed by atoms with Crippen LogP contribution in [0.1, 0.15) is 11.4 Å². The smallest absolute Gasteiger partial charge is 0.242 e. The number of anilines is 3. The van der Waals surface area contributed by atoms with E-state index in [1.807, 2.05) is 76.2 Å². The summed E-state index contributed by atoms with van der Waals surface area (Å²) in [4.78, 5) is 17.7. The minimum absolute atomic E-state index is 0.00265. The van der Waals surface area contributed by atoms with Crippen LogP contribution in [-0.4, -0.2) is 26.4 Å². The minimum Gasteiger partial charge on any atom is -0.378 e. The molecule has 0 radical (unpaired) electrons. The average Bonchev–Trinajstić information content (AvgIpc) is 3.37. The molecule has 1 amide bonds. The van der Waals surface area contributed by atoms with Crippen LogP contribution < -0.4 is 10.2 Å². The molecular weight excluding hydrogens is 510 g/mol. The predicted octanol–water partition coefficient (Wildman–Crippen LogP) is 7.11. The van der Waals surface area contributed by atoms with Crippen molar-refractivity contribution in [3.63, 3.8) is 0 Å². The highest BCUT2D eigenvalue weighted by molar-refractivity contribution is 8.00. The largest absolute Gasteiger partial charge is 0.378 e. The van der Waals surface area contributed by atoms with E-state index in [0.29, 0.717) is 11.7 Å². The summed E-state index contributed by atoms with van der Waals surface area (Å²) >= 11 is 3.09. The average molecular weight is 536 g/mol. The van der Waals surface area contributed by atoms with Crippen LogP contribution in [0.15, 0.2) is 118 Å². The Labute approximate surface area is 230 Å². The van der Waals surface area contributed by atoms with Crippen LogP contribution in [-0.2, 0) is 11.3 Å². The Morgan fingerprint density at radius 1 is 0.816 bits per heavy atom. The number of rotatable bonds is 7. The Morgan fingerprint density at radius 3 is 2.13 bits per heavy atom. The van der Waals surface area contributed by atoms with Crippen molar-refractivity contribution in [1.82, 2.24) is 14.8 Å². The molecule has 0 aliphatic carbocycles. The maximum Gasteiger partial charge on any atom is 0.242 e. The molecule has 0 fully saturated rings. The fourth-order valence-electron chi connectivity index (χ4n) is 4.36. The zero-order valence-corrected chi connectivity index (χ0v) is 22.4. The van der Waals surface area contributed by atoms with Crippen molar-refractivity contribution in [3.8, 4) is 5.69 Å². The number of hydrogen-bond donors (Lipinski definition) is 1. The lowest BCUT2D eigenvalue weighted by Crippen LogP contribution is -2.30. The lowest BCUT2D eigenvalue weighted by atomic mass is 10.2. The van der Waals surface area contributed by atoms with Gasteiger partial charge >= 0.3 is 0 Å². The maximum atomic E-state index is 13.7. The van der Waals surface area contributed by atoms with E-state index in [2.05, 4.69) is 58.8 Å². The normalized spacial score (nSPS) is 12.1. The topological polar surface area (TPSA) is 63.1 Å². The van der Waals surface area contributed by atoms with Crippen LogP contribution in [0.3, 0.4) is 0 Å². The highest BCUT2D eigenvalue weighted by Gasteiger charge is 2.28. The fourth-order valence-corrected chi connectivity index (χ4v) is 6.24. The zero-order chi connectivity index (χ0) is 25.9. The van der Waals surface area contributed by atoms with Gasteiger partial charge in [-0.05, 0) is 55.5 Å². The molecule has 38 heavy (non-hydrogen) atoms. The summed E-state index contributed by atoms with van der Waals surface area (Å²) in [5, 5.41) is 13.1. The molecule has 0 bridgehead atoms. The lowest BCUT2D eigenvalue weighted by molar-refractivity contribution is -0.115. The minimum atomic E-state index is -0.00265. The highest BCUT2D eigenvalue weighted by Crippen LogP contribution is 2.48. The molecule has 5 aromatic rings. The summed E-state index contributed by atoms with van der Waals surface area (Å²) in [6.07, 6.45) is 0. The molecular formula is C30H25N5OS2. The fraction of sp³-hybridized carbons (Fsp3) is 0.100. The summed E-state index contributed by atoms with van der Waals surface area (Å²) in [7, 11) is 0. The van der Waals surface area contributed by atoms with Gasteiger partial charge in [-0.15, -0.1) is 10.2 Å². The summed E-state index contributed by atoms with van der Waals surface area (Å²) in [6, 6.07) is 34.4. The number of thioether (sulfide) groups is 1. The van der Waals surface area contributed by atoms with E-state index in [4.69, 9.17) is 0 Å². The van der Waals surface area contributed by atoms with Gasteiger partial charge in [-0.3, -0.25) is 14.3 Å². The second-order valence-corrected chi connectivity index (χ2v) is 10.9. The molecule has 8 heteroatoms. The molecule has 0 saturated heterocycles. The van der Waals surface area contributed by atoms with Gasteiger partial charge in [-0.2, -0.15) is 0 Å². The number of amides is 1. The summed E-state index contributed by atoms with van der Waals surface area (Å²) in [5.41, 5.74) is 5.01. The van der Waals surface area contributed by atoms with E-state index in [9.17, 15) is 4.79 Å². The molecule has 0 unspecified atom stereocenters. The highest BCUT2D eigenvalue weighted by atomic mass is 32.2. The second-order valence-electron chi connectivity index (χ2n) is 8.84. The number of benzene rings is 4. The third-order valence-electron chi connectivity index (χ3n) is 6.22. The van der Waals surface area contributed by atoms with Crippen LogP contribution in [0.4, 0.5) is 17.1 Å². The van der Waals surface area contributed by atoms with Gasteiger partial charge in [0.2, 0.25) is 5.91 Å². The zero-order valence-electron chi connectivity index (χ0n) is 20.7. The molecule has 1 N–H and O–H groups in total. The number of carbonyl (C=O) groups is 1. The van der Waals surface area contributed by atoms with E-state index in [1.165, 1.54) is 17.3 Å². The molecule has 6 rings (SSSR count). The number of hydrogen-bond acceptors (Lipinski definition) is 6. The number of aryl methyl sites for hydroxylation is 1. The Morgan fingerprint density at radius 2 is 1.45 bits per heavy atom. The summed E-state index contributed by atoms with van der Waals surface area (Å²) in [6.45, 7) is 2.57. The van der Waals surface area contributed by atoms with Crippen LogP contribution in [0, 0.1) is 6.92 Å². The monoisotopic (exact) mass is 535 g/mol. The standard InChI is InChI=1S/C30H25N5OS2/c1-21-15-17-22(18-16-21)31-19-28-32-33-30(34(28)23-9-3-2-4-10-23)37-20-29(36)35-24-11-5-7-13-26(24)38-27-14-8-6-12-25(27)35/h2-18,31H,19-20H2,1H3. The molecule has 4 aromatic carbocycles. The van der Waals surface area contributed by atoms with Gasteiger partial charge in [0.1, 0.15) is 0 Å². The molecule has 1 aliphatic rings. The van der Waals surface area contributed by atoms with Gasteiger partial charge < -0.3 is 5.32 Å². The molecule has 0 saturated carbocycles. The van der Waals surface area contributed by atoms with Crippen molar-refractivity contribution in [1.29, 1.82) is 0 Å². The van der Waals surface area contributed by atoms with E-state index in [-0.39, 0.29) is 11.7 Å². The summed E-state index contributed by atoms with van der Waals surface area (Å²) < 4.78 is 2.02. The molecule has 6 nitrogen and oxygen atoms in total. The molecule has 1 aromatic heterocycles. The SMILES string of the molecule is Cc1ccc(NCc2nnc(SCC(=O)N3c4ccccc4Sc4ccccc43)n2-c2ccccc2)cc1. The number of fused-ring (bicyclic) bond motifs is 2. The first kappa shape index (κ1) is 24.3.